The molecule has 0 aliphatic carbocycles. The average Bonchev–Trinajstić information content (AvgIpc) is 3.27. The molecule has 5 N–H and O–H groups in total. The SMILES string of the molecule is NCCCCC(NC(=O)CCCOc1cc(-c2cccnc2)nn1-c1ccc(Cl)c(Cl)c1)C(N)=O. The number of primary amides is 1. The van der Waals surface area contributed by atoms with Gasteiger partial charge in [0.2, 0.25) is 17.7 Å². The number of benzene rings is 1. The van der Waals surface area contributed by atoms with Gasteiger partial charge in [-0.05, 0) is 62.6 Å². The predicted molar refractivity (Wildman–Crippen MR) is 136 cm³/mol. The molecule has 2 heterocycles. The van der Waals surface area contributed by atoms with Crippen molar-refractivity contribution in [3.63, 3.8) is 0 Å². The van der Waals surface area contributed by atoms with Crippen molar-refractivity contribution in [1.82, 2.24) is 20.1 Å². The molecule has 9 nitrogen and oxygen atoms in total. The minimum absolute atomic E-state index is 0.178. The lowest BCUT2D eigenvalue weighted by atomic mass is 10.1. The summed E-state index contributed by atoms with van der Waals surface area (Å²) in [6, 6.07) is 9.96. The molecule has 3 aromatic rings. The molecular formula is C24H28Cl2N6O3. The number of amides is 2. The molecule has 35 heavy (non-hydrogen) atoms. The Morgan fingerprint density at radius 1 is 1.11 bits per heavy atom. The second-order valence-electron chi connectivity index (χ2n) is 7.88. The Balaban J connectivity index is 1.64. The molecule has 1 unspecified atom stereocenters. The van der Waals surface area contributed by atoms with Gasteiger partial charge in [0.1, 0.15) is 6.04 Å². The monoisotopic (exact) mass is 518 g/mol. The van der Waals surface area contributed by atoms with Crippen molar-refractivity contribution < 1.29 is 14.3 Å². The molecule has 1 aromatic carbocycles. The van der Waals surface area contributed by atoms with Gasteiger partial charge in [-0.3, -0.25) is 14.6 Å². The molecule has 186 valence electrons. The van der Waals surface area contributed by atoms with Crippen LogP contribution in [0.25, 0.3) is 16.9 Å². The summed E-state index contributed by atoms with van der Waals surface area (Å²) in [5.41, 5.74) is 13.0. The van der Waals surface area contributed by atoms with E-state index in [4.69, 9.17) is 39.4 Å². The first kappa shape index (κ1) is 26.5. The van der Waals surface area contributed by atoms with Gasteiger partial charge >= 0.3 is 0 Å². The number of aromatic nitrogens is 3. The number of unbranched alkanes of at least 4 members (excludes halogenated alkanes) is 1. The summed E-state index contributed by atoms with van der Waals surface area (Å²) in [6.07, 6.45) is 5.94. The number of nitrogens with one attached hydrogen (secondary N) is 1. The molecule has 11 heteroatoms. The minimum atomic E-state index is -0.701. The van der Waals surface area contributed by atoms with E-state index in [1.165, 1.54) is 0 Å². The van der Waals surface area contributed by atoms with Gasteiger partial charge < -0.3 is 21.5 Å². The summed E-state index contributed by atoms with van der Waals surface area (Å²) < 4.78 is 7.58. The van der Waals surface area contributed by atoms with E-state index in [-0.39, 0.29) is 18.9 Å². The summed E-state index contributed by atoms with van der Waals surface area (Å²) in [7, 11) is 0. The predicted octanol–water partition coefficient (Wildman–Crippen LogP) is 3.50. The Labute approximate surface area is 213 Å². The molecule has 0 aliphatic rings. The Hall–Kier alpha value is -3.14. The van der Waals surface area contributed by atoms with E-state index in [0.29, 0.717) is 53.1 Å². The Morgan fingerprint density at radius 3 is 2.63 bits per heavy atom. The molecular weight excluding hydrogens is 491 g/mol. The van der Waals surface area contributed by atoms with Crippen LogP contribution >= 0.6 is 23.2 Å². The number of carbonyl (C=O) groups excluding carboxylic acids is 2. The van der Waals surface area contributed by atoms with Crippen LogP contribution in [0.2, 0.25) is 10.0 Å². The maximum absolute atomic E-state index is 12.3. The van der Waals surface area contributed by atoms with Crippen molar-refractivity contribution in [3.05, 3.63) is 58.8 Å². The third-order valence-corrected chi connectivity index (χ3v) is 5.94. The van der Waals surface area contributed by atoms with E-state index in [1.54, 1.807) is 41.3 Å². The number of carbonyl (C=O) groups is 2. The lowest BCUT2D eigenvalue weighted by Gasteiger charge is -2.15. The van der Waals surface area contributed by atoms with Crippen molar-refractivity contribution in [3.8, 4) is 22.8 Å². The van der Waals surface area contributed by atoms with Crippen LogP contribution in [0.15, 0.2) is 48.8 Å². The lowest BCUT2D eigenvalue weighted by Crippen LogP contribution is -2.44. The summed E-state index contributed by atoms with van der Waals surface area (Å²) >= 11 is 12.3. The highest BCUT2D eigenvalue weighted by Crippen LogP contribution is 2.29. The zero-order valence-electron chi connectivity index (χ0n) is 19.1. The molecule has 2 aromatic heterocycles. The Kier molecular flexibility index (Phi) is 9.89. The summed E-state index contributed by atoms with van der Waals surface area (Å²) in [6.45, 7) is 0.777. The number of hydrogen-bond donors (Lipinski definition) is 3. The van der Waals surface area contributed by atoms with Gasteiger partial charge in [0, 0.05) is 30.4 Å². The largest absolute Gasteiger partial charge is 0.478 e. The smallest absolute Gasteiger partial charge is 0.239 e. The first-order chi connectivity index (χ1) is 16.9. The fourth-order valence-corrected chi connectivity index (χ4v) is 3.67. The van der Waals surface area contributed by atoms with Crippen molar-refractivity contribution in [1.29, 1.82) is 0 Å². The highest BCUT2D eigenvalue weighted by Gasteiger charge is 2.18. The van der Waals surface area contributed by atoms with Gasteiger partial charge in [0.05, 0.1) is 28.0 Å². The van der Waals surface area contributed by atoms with E-state index >= 15 is 0 Å². The standard InChI is InChI=1S/C24H28Cl2N6O3/c25-18-9-8-17(13-19(18)26)32-23(14-21(31-32)16-5-3-11-29-15-16)35-12-4-7-22(33)30-20(24(28)34)6-1-2-10-27/h3,5,8-9,11,13-15,20H,1-2,4,6-7,10,12,27H2,(H2,28,34)(H,30,33). The fraction of sp³-hybridized carbons (Fsp3) is 0.333. The second kappa shape index (κ2) is 13.1. The minimum Gasteiger partial charge on any atom is -0.478 e. The molecule has 0 bridgehead atoms. The molecule has 0 saturated heterocycles. The molecule has 0 fully saturated rings. The van der Waals surface area contributed by atoms with E-state index in [2.05, 4.69) is 15.4 Å². The van der Waals surface area contributed by atoms with Gasteiger partial charge in [0.15, 0.2) is 0 Å². The first-order valence-electron chi connectivity index (χ1n) is 11.3. The number of nitrogens with two attached hydrogens (primary N) is 2. The van der Waals surface area contributed by atoms with Gasteiger partial charge in [-0.15, -0.1) is 0 Å². The number of rotatable bonds is 13. The maximum atomic E-state index is 12.3. The third kappa shape index (κ3) is 7.68. The molecule has 1 atom stereocenters. The topological polar surface area (TPSA) is 138 Å². The van der Waals surface area contributed by atoms with E-state index < -0.39 is 11.9 Å². The summed E-state index contributed by atoms with van der Waals surface area (Å²) in [4.78, 5) is 28.0. The fourth-order valence-electron chi connectivity index (χ4n) is 3.38. The van der Waals surface area contributed by atoms with Crippen molar-refractivity contribution in [2.45, 2.75) is 38.1 Å². The normalized spacial score (nSPS) is 11.7. The van der Waals surface area contributed by atoms with Crippen LogP contribution < -0.4 is 21.5 Å². The highest BCUT2D eigenvalue weighted by molar-refractivity contribution is 6.42. The van der Waals surface area contributed by atoms with Crippen LogP contribution in [0.3, 0.4) is 0 Å². The lowest BCUT2D eigenvalue weighted by molar-refractivity contribution is -0.127. The molecule has 0 spiro atoms. The van der Waals surface area contributed by atoms with Crippen molar-refractivity contribution in [2.75, 3.05) is 13.2 Å². The number of ether oxygens (including phenoxy) is 1. The van der Waals surface area contributed by atoms with Gasteiger partial charge in [-0.2, -0.15) is 5.10 Å². The zero-order chi connectivity index (χ0) is 25.2. The number of halogens is 2. The van der Waals surface area contributed by atoms with Crippen LogP contribution in [0.4, 0.5) is 0 Å². The van der Waals surface area contributed by atoms with Crippen LogP contribution in [-0.2, 0) is 9.59 Å². The van der Waals surface area contributed by atoms with Crippen LogP contribution in [0.5, 0.6) is 5.88 Å². The van der Waals surface area contributed by atoms with Crippen LogP contribution in [0.1, 0.15) is 32.1 Å². The molecule has 0 saturated carbocycles. The van der Waals surface area contributed by atoms with E-state index in [0.717, 1.165) is 12.0 Å². The summed E-state index contributed by atoms with van der Waals surface area (Å²) in [5, 5.41) is 8.15. The number of nitrogens with zero attached hydrogens (tertiary/aromatic N) is 3. The quantitative estimate of drug-likeness (QED) is 0.296. The highest BCUT2D eigenvalue weighted by atomic mass is 35.5. The number of pyridine rings is 1. The molecule has 3 rings (SSSR count). The summed E-state index contributed by atoms with van der Waals surface area (Å²) in [5.74, 6) is -0.348. The van der Waals surface area contributed by atoms with Crippen molar-refractivity contribution in [2.24, 2.45) is 11.5 Å². The van der Waals surface area contributed by atoms with Gasteiger partial charge in [-0.1, -0.05) is 23.2 Å². The van der Waals surface area contributed by atoms with Crippen LogP contribution in [-0.4, -0.2) is 45.8 Å². The Bertz CT molecular complexity index is 1140. The van der Waals surface area contributed by atoms with E-state index in [9.17, 15) is 9.59 Å². The van der Waals surface area contributed by atoms with Crippen LogP contribution in [0, 0.1) is 0 Å². The second-order valence-corrected chi connectivity index (χ2v) is 8.69. The van der Waals surface area contributed by atoms with Gasteiger partial charge in [0.25, 0.3) is 0 Å². The Morgan fingerprint density at radius 2 is 1.94 bits per heavy atom. The number of hydrogen-bond acceptors (Lipinski definition) is 6. The maximum Gasteiger partial charge on any atom is 0.239 e. The zero-order valence-corrected chi connectivity index (χ0v) is 20.6. The first-order valence-corrected chi connectivity index (χ1v) is 12.0. The molecule has 2 amide bonds. The molecule has 0 aliphatic heterocycles. The average molecular weight is 519 g/mol. The van der Waals surface area contributed by atoms with Crippen molar-refractivity contribution >= 4 is 35.0 Å². The third-order valence-electron chi connectivity index (χ3n) is 5.21. The van der Waals surface area contributed by atoms with E-state index in [1.807, 2.05) is 12.1 Å². The molecule has 0 radical (unpaired) electrons. The van der Waals surface area contributed by atoms with Gasteiger partial charge in [-0.25, -0.2) is 4.68 Å².